The molecule has 0 fully saturated rings. The van der Waals surface area contributed by atoms with E-state index in [0.717, 1.165) is 10.3 Å². The predicted molar refractivity (Wildman–Crippen MR) is 97.8 cm³/mol. The fourth-order valence-corrected chi connectivity index (χ4v) is 2.81. The van der Waals surface area contributed by atoms with Crippen molar-refractivity contribution in [1.29, 1.82) is 0 Å². The van der Waals surface area contributed by atoms with Gasteiger partial charge in [-0.25, -0.2) is 4.98 Å². The molecule has 0 aliphatic rings. The van der Waals surface area contributed by atoms with Gasteiger partial charge in [0.1, 0.15) is 0 Å². The van der Waals surface area contributed by atoms with Gasteiger partial charge >= 0.3 is 6.18 Å². The molecule has 0 aliphatic heterocycles. The molecule has 0 bridgehead atoms. The van der Waals surface area contributed by atoms with Gasteiger partial charge in [-0.15, -0.1) is 0 Å². The summed E-state index contributed by atoms with van der Waals surface area (Å²) < 4.78 is 40.9. The van der Waals surface area contributed by atoms with Crippen molar-refractivity contribution in [3.05, 3.63) is 59.9 Å². The average molecular weight is 376 g/mol. The van der Waals surface area contributed by atoms with Crippen LogP contribution in [-0.4, -0.2) is 36.1 Å². The lowest BCUT2D eigenvalue weighted by Gasteiger charge is -2.13. The highest BCUT2D eigenvalue weighted by molar-refractivity contribution is 5.94. The Morgan fingerprint density at radius 1 is 1.11 bits per heavy atom. The predicted octanol–water partition coefficient (Wildman–Crippen LogP) is 3.55. The van der Waals surface area contributed by atoms with E-state index in [1.807, 2.05) is 19.0 Å². The summed E-state index contributed by atoms with van der Waals surface area (Å²) in [6.07, 6.45) is -4.56. The Hall–Kier alpha value is -3.03. The molecule has 1 heterocycles. The van der Waals surface area contributed by atoms with Crippen molar-refractivity contribution in [3.8, 4) is 0 Å². The number of fused-ring (bicyclic) bond motifs is 1. The third-order valence-corrected chi connectivity index (χ3v) is 4.17. The molecule has 0 saturated heterocycles. The van der Waals surface area contributed by atoms with Crippen LogP contribution in [0.25, 0.3) is 11.0 Å². The van der Waals surface area contributed by atoms with Gasteiger partial charge in [-0.3, -0.25) is 4.79 Å². The number of para-hydroxylation sites is 2. The zero-order valence-corrected chi connectivity index (χ0v) is 14.9. The first-order valence-electron chi connectivity index (χ1n) is 8.35. The van der Waals surface area contributed by atoms with Crippen molar-refractivity contribution in [1.82, 2.24) is 14.9 Å². The molecular weight excluding hydrogens is 357 g/mol. The van der Waals surface area contributed by atoms with E-state index in [4.69, 9.17) is 0 Å². The molecule has 0 unspecified atom stereocenters. The summed E-state index contributed by atoms with van der Waals surface area (Å²) in [4.78, 5) is 17.8. The van der Waals surface area contributed by atoms with E-state index in [0.29, 0.717) is 11.1 Å². The number of imidazole rings is 1. The number of aromatic nitrogens is 2. The molecule has 1 amide bonds. The van der Waals surface area contributed by atoms with Crippen LogP contribution in [0.1, 0.15) is 16.2 Å². The lowest BCUT2D eigenvalue weighted by atomic mass is 10.2. The molecule has 27 heavy (non-hydrogen) atoms. The van der Waals surface area contributed by atoms with Crippen molar-refractivity contribution >= 4 is 22.6 Å². The number of hydrogen-bond donors (Lipinski definition) is 1. The standard InChI is InChI=1S/C19H19F3N4O/c1-25(2)14-9-7-13(8-10-14)17(27)23-11-12-26-16-6-4-3-5-15(16)24-18(26)19(20,21)22/h3-10H,11-12H2,1-2H3,(H,23,27). The summed E-state index contributed by atoms with van der Waals surface area (Å²) >= 11 is 0. The van der Waals surface area contributed by atoms with Crippen LogP contribution < -0.4 is 10.2 Å². The average Bonchev–Trinajstić information content (AvgIpc) is 3.01. The van der Waals surface area contributed by atoms with E-state index in [1.165, 1.54) is 6.07 Å². The van der Waals surface area contributed by atoms with Crippen LogP contribution in [-0.2, 0) is 12.7 Å². The third-order valence-electron chi connectivity index (χ3n) is 4.17. The molecule has 0 atom stereocenters. The Labute approximate surface area is 154 Å². The first kappa shape index (κ1) is 18.8. The molecule has 142 valence electrons. The number of hydrogen-bond acceptors (Lipinski definition) is 3. The molecular formula is C19H19F3N4O. The Balaban J connectivity index is 1.72. The number of alkyl halides is 3. The summed E-state index contributed by atoms with van der Waals surface area (Å²) in [7, 11) is 3.78. The van der Waals surface area contributed by atoms with Crippen LogP contribution in [0.3, 0.4) is 0 Å². The van der Waals surface area contributed by atoms with Crippen molar-refractivity contribution in [2.24, 2.45) is 0 Å². The van der Waals surface area contributed by atoms with E-state index in [-0.39, 0.29) is 24.5 Å². The number of nitrogens with one attached hydrogen (secondary N) is 1. The zero-order valence-electron chi connectivity index (χ0n) is 14.9. The van der Waals surface area contributed by atoms with Gasteiger partial charge < -0.3 is 14.8 Å². The molecule has 2 aromatic carbocycles. The van der Waals surface area contributed by atoms with Gasteiger partial charge in [0.25, 0.3) is 5.91 Å². The van der Waals surface area contributed by atoms with E-state index in [2.05, 4.69) is 10.3 Å². The molecule has 0 spiro atoms. The fraction of sp³-hybridized carbons (Fsp3) is 0.263. The minimum Gasteiger partial charge on any atom is -0.378 e. The number of benzene rings is 2. The lowest BCUT2D eigenvalue weighted by Crippen LogP contribution is -2.28. The maximum atomic E-state index is 13.3. The van der Waals surface area contributed by atoms with Crippen molar-refractivity contribution in [2.45, 2.75) is 12.7 Å². The summed E-state index contributed by atoms with van der Waals surface area (Å²) in [6.45, 7) is 0.0224. The highest BCUT2D eigenvalue weighted by Gasteiger charge is 2.37. The second-order valence-corrected chi connectivity index (χ2v) is 6.27. The molecule has 1 N–H and O–H groups in total. The molecule has 0 saturated carbocycles. The highest BCUT2D eigenvalue weighted by Crippen LogP contribution is 2.31. The molecule has 0 aliphatic carbocycles. The minimum absolute atomic E-state index is 0.0309. The number of anilines is 1. The highest BCUT2D eigenvalue weighted by atomic mass is 19.4. The summed E-state index contributed by atoms with van der Waals surface area (Å²) in [5.41, 5.74) is 2.06. The van der Waals surface area contributed by atoms with Gasteiger partial charge in [-0.1, -0.05) is 12.1 Å². The number of halogens is 3. The smallest absolute Gasteiger partial charge is 0.378 e. The summed E-state index contributed by atoms with van der Waals surface area (Å²) in [5, 5.41) is 2.66. The molecule has 8 heteroatoms. The Bertz CT molecular complexity index is 946. The summed E-state index contributed by atoms with van der Waals surface area (Å²) in [6, 6.07) is 13.4. The number of amides is 1. The topological polar surface area (TPSA) is 50.2 Å². The van der Waals surface area contributed by atoms with E-state index in [1.54, 1.807) is 42.5 Å². The van der Waals surface area contributed by atoms with E-state index < -0.39 is 12.0 Å². The number of carbonyl (C=O) groups is 1. The monoisotopic (exact) mass is 376 g/mol. The van der Waals surface area contributed by atoms with Gasteiger partial charge in [-0.2, -0.15) is 13.2 Å². The zero-order chi connectivity index (χ0) is 19.6. The van der Waals surface area contributed by atoms with Crippen LogP contribution in [0.5, 0.6) is 0 Å². The van der Waals surface area contributed by atoms with Crippen LogP contribution in [0.2, 0.25) is 0 Å². The quantitative estimate of drug-likeness (QED) is 0.741. The molecule has 0 radical (unpaired) electrons. The largest absolute Gasteiger partial charge is 0.449 e. The molecule has 5 nitrogen and oxygen atoms in total. The van der Waals surface area contributed by atoms with Crippen LogP contribution in [0.15, 0.2) is 48.5 Å². The molecule has 3 rings (SSSR count). The minimum atomic E-state index is -4.56. The van der Waals surface area contributed by atoms with E-state index in [9.17, 15) is 18.0 Å². The van der Waals surface area contributed by atoms with Gasteiger partial charge in [0, 0.05) is 38.4 Å². The van der Waals surface area contributed by atoms with Gasteiger partial charge in [0.05, 0.1) is 11.0 Å². The Kier molecular flexibility index (Phi) is 5.07. The van der Waals surface area contributed by atoms with Gasteiger partial charge in [0.15, 0.2) is 0 Å². The Morgan fingerprint density at radius 3 is 2.41 bits per heavy atom. The van der Waals surface area contributed by atoms with Crippen LogP contribution in [0, 0.1) is 0 Å². The van der Waals surface area contributed by atoms with Crippen LogP contribution in [0.4, 0.5) is 18.9 Å². The van der Waals surface area contributed by atoms with Gasteiger partial charge in [-0.05, 0) is 36.4 Å². The normalized spacial score (nSPS) is 11.6. The lowest BCUT2D eigenvalue weighted by molar-refractivity contribution is -0.146. The second-order valence-electron chi connectivity index (χ2n) is 6.27. The maximum absolute atomic E-state index is 13.3. The molecule has 3 aromatic rings. The maximum Gasteiger partial charge on any atom is 0.449 e. The van der Waals surface area contributed by atoms with E-state index >= 15 is 0 Å². The van der Waals surface area contributed by atoms with Crippen molar-refractivity contribution in [2.75, 3.05) is 25.5 Å². The van der Waals surface area contributed by atoms with Gasteiger partial charge in [0.2, 0.25) is 5.82 Å². The first-order valence-corrected chi connectivity index (χ1v) is 8.35. The second kappa shape index (κ2) is 7.30. The first-order chi connectivity index (χ1) is 12.8. The van der Waals surface area contributed by atoms with Crippen molar-refractivity contribution < 1.29 is 18.0 Å². The van der Waals surface area contributed by atoms with Crippen LogP contribution >= 0.6 is 0 Å². The molecule has 1 aromatic heterocycles. The number of nitrogens with zero attached hydrogens (tertiary/aromatic N) is 3. The third kappa shape index (κ3) is 4.05. The number of rotatable bonds is 5. The van der Waals surface area contributed by atoms with Crippen molar-refractivity contribution in [3.63, 3.8) is 0 Å². The SMILES string of the molecule is CN(C)c1ccc(C(=O)NCCn2c(C(F)(F)F)nc3ccccc32)cc1. The Morgan fingerprint density at radius 2 is 1.78 bits per heavy atom. The fourth-order valence-electron chi connectivity index (χ4n) is 2.81. The summed E-state index contributed by atoms with van der Waals surface area (Å²) in [5.74, 6) is -1.30. The number of carbonyl (C=O) groups excluding carboxylic acids is 1.